The Hall–Kier alpha value is -1.72. The van der Waals surface area contributed by atoms with E-state index < -0.39 is 0 Å². The lowest BCUT2D eigenvalue weighted by atomic mass is 10.2. The van der Waals surface area contributed by atoms with Crippen LogP contribution in [-0.2, 0) is 17.7 Å². The molecule has 1 atom stereocenters. The van der Waals surface area contributed by atoms with Crippen LogP contribution in [-0.4, -0.2) is 52.0 Å². The van der Waals surface area contributed by atoms with Crippen LogP contribution in [0.1, 0.15) is 17.1 Å². The first-order valence-electron chi connectivity index (χ1n) is 7.95. The Morgan fingerprint density at radius 1 is 1.32 bits per heavy atom. The van der Waals surface area contributed by atoms with Crippen molar-refractivity contribution in [2.24, 2.45) is 0 Å². The predicted molar refractivity (Wildman–Crippen MR) is 85.8 cm³/mol. The first-order chi connectivity index (χ1) is 10.7. The van der Waals surface area contributed by atoms with Crippen LogP contribution >= 0.6 is 0 Å². The van der Waals surface area contributed by atoms with Gasteiger partial charge in [-0.2, -0.15) is 5.10 Å². The Labute approximate surface area is 131 Å². The van der Waals surface area contributed by atoms with Crippen molar-refractivity contribution in [1.29, 1.82) is 0 Å². The van der Waals surface area contributed by atoms with Crippen LogP contribution in [0, 0.1) is 13.8 Å². The third-order valence-corrected chi connectivity index (χ3v) is 4.11. The molecule has 2 aromatic rings. The van der Waals surface area contributed by atoms with Gasteiger partial charge in [0.1, 0.15) is 0 Å². The van der Waals surface area contributed by atoms with E-state index in [0.29, 0.717) is 0 Å². The Morgan fingerprint density at radius 3 is 2.95 bits per heavy atom. The molecule has 5 heteroatoms. The van der Waals surface area contributed by atoms with E-state index in [1.807, 2.05) is 25.3 Å². The maximum absolute atomic E-state index is 5.91. The number of aromatic nitrogens is 3. The fraction of sp³-hybridized carbons (Fsp3) is 0.529. The average molecular weight is 300 g/mol. The molecule has 1 saturated heterocycles. The molecule has 0 radical (unpaired) electrons. The molecule has 0 aromatic carbocycles. The molecule has 0 unspecified atom stereocenters. The maximum Gasteiger partial charge on any atom is 0.0898 e. The maximum atomic E-state index is 5.91. The number of ether oxygens (including phenoxy) is 1. The van der Waals surface area contributed by atoms with E-state index in [4.69, 9.17) is 4.74 Å². The molecule has 0 saturated carbocycles. The van der Waals surface area contributed by atoms with Crippen LogP contribution in [0.25, 0.3) is 0 Å². The highest BCUT2D eigenvalue weighted by Gasteiger charge is 2.21. The average Bonchev–Trinajstić information content (AvgIpc) is 2.84. The van der Waals surface area contributed by atoms with Crippen molar-refractivity contribution in [1.82, 2.24) is 19.7 Å². The molecule has 1 aliphatic rings. The SMILES string of the molecule is Cc1cc(C)n(C[C@H]2CN(CCc3ccccn3)CCO2)n1. The number of hydrogen-bond donors (Lipinski definition) is 0. The van der Waals surface area contributed by atoms with E-state index in [1.54, 1.807) is 0 Å². The third-order valence-electron chi connectivity index (χ3n) is 4.11. The zero-order valence-corrected chi connectivity index (χ0v) is 13.4. The topological polar surface area (TPSA) is 43.2 Å². The van der Waals surface area contributed by atoms with Gasteiger partial charge in [-0.3, -0.25) is 14.6 Å². The molecular weight excluding hydrogens is 276 g/mol. The van der Waals surface area contributed by atoms with E-state index in [1.165, 1.54) is 5.69 Å². The zero-order valence-electron chi connectivity index (χ0n) is 13.4. The van der Waals surface area contributed by atoms with Crippen molar-refractivity contribution in [3.05, 3.63) is 47.5 Å². The molecule has 0 aliphatic carbocycles. The van der Waals surface area contributed by atoms with Crippen LogP contribution in [0.3, 0.4) is 0 Å². The summed E-state index contributed by atoms with van der Waals surface area (Å²) in [5, 5.41) is 4.53. The first kappa shape index (κ1) is 15.2. The minimum atomic E-state index is 0.218. The van der Waals surface area contributed by atoms with Crippen molar-refractivity contribution in [2.75, 3.05) is 26.2 Å². The van der Waals surface area contributed by atoms with Gasteiger partial charge < -0.3 is 4.74 Å². The lowest BCUT2D eigenvalue weighted by molar-refractivity contribution is -0.0374. The van der Waals surface area contributed by atoms with Gasteiger partial charge in [-0.05, 0) is 32.0 Å². The van der Waals surface area contributed by atoms with Crippen LogP contribution in [0.15, 0.2) is 30.5 Å². The van der Waals surface area contributed by atoms with Crippen molar-refractivity contribution in [3.63, 3.8) is 0 Å². The number of aryl methyl sites for hydroxylation is 2. The van der Waals surface area contributed by atoms with Gasteiger partial charge in [-0.1, -0.05) is 6.07 Å². The van der Waals surface area contributed by atoms with Gasteiger partial charge in [0.05, 0.1) is 24.9 Å². The minimum Gasteiger partial charge on any atom is -0.374 e. The van der Waals surface area contributed by atoms with Gasteiger partial charge in [0.2, 0.25) is 0 Å². The summed E-state index contributed by atoms with van der Waals surface area (Å²) in [6.07, 6.45) is 3.07. The van der Waals surface area contributed by atoms with Crippen LogP contribution in [0.2, 0.25) is 0 Å². The highest BCUT2D eigenvalue weighted by atomic mass is 16.5. The summed E-state index contributed by atoms with van der Waals surface area (Å²) < 4.78 is 7.97. The zero-order chi connectivity index (χ0) is 15.4. The number of morpholine rings is 1. The van der Waals surface area contributed by atoms with Gasteiger partial charge in [0.25, 0.3) is 0 Å². The van der Waals surface area contributed by atoms with Gasteiger partial charge in [-0.25, -0.2) is 0 Å². The van der Waals surface area contributed by atoms with E-state index in [2.05, 4.69) is 38.7 Å². The second kappa shape index (κ2) is 7.03. The quantitative estimate of drug-likeness (QED) is 0.845. The highest BCUT2D eigenvalue weighted by Crippen LogP contribution is 2.11. The molecule has 1 fully saturated rings. The summed E-state index contributed by atoms with van der Waals surface area (Å²) in [6.45, 7) is 8.76. The first-order valence-corrected chi connectivity index (χ1v) is 7.95. The molecule has 3 heterocycles. The fourth-order valence-corrected chi connectivity index (χ4v) is 2.97. The molecule has 0 bridgehead atoms. The summed E-state index contributed by atoms with van der Waals surface area (Å²) in [5.41, 5.74) is 3.43. The van der Waals surface area contributed by atoms with E-state index in [9.17, 15) is 0 Å². The summed E-state index contributed by atoms with van der Waals surface area (Å²) in [6, 6.07) is 8.21. The summed E-state index contributed by atoms with van der Waals surface area (Å²) >= 11 is 0. The fourth-order valence-electron chi connectivity index (χ4n) is 2.97. The Kier molecular flexibility index (Phi) is 4.85. The highest BCUT2D eigenvalue weighted by molar-refractivity contribution is 5.07. The summed E-state index contributed by atoms with van der Waals surface area (Å²) in [7, 11) is 0. The lowest BCUT2D eigenvalue weighted by Gasteiger charge is -2.33. The van der Waals surface area contributed by atoms with E-state index in [0.717, 1.165) is 50.6 Å². The summed E-state index contributed by atoms with van der Waals surface area (Å²) in [4.78, 5) is 6.86. The number of rotatable bonds is 5. The standard InChI is InChI=1S/C17H24N4O/c1-14-11-15(2)21(19-14)13-17-12-20(9-10-22-17)8-6-16-5-3-4-7-18-16/h3-5,7,11,17H,6,8-10,12-13H2,1-2H3/t17-/m1/s1. The number of hydrogen-bond acceptors (Lipinski definition) is 4. The van der Waals surface area contributed by atoms with E-state index in [-0.39, 0.29) is 6.10 Å². The monoisotopic (exact) mass is 300 g/mol. The number of pyridine rings is 1. The van der Waals surface area contributed by atoms with Crippen LogP contribution < -0.4 is 0 Å². The molecule has 2 aromatic heterocycles. The van der Waals surface area contributed by atoms with Crippen molar-refractivity contribution in [2.45, 2.75) is 32.9 Å². The molecular formula is C17H24N4O. The Balaban J connectivity index is 1.52. The van der Waals surface area contributed by atoms with Crippen molar-refractivity contribution < 1.29 is 4.74 Å². The van der Waals surface area contributed by atoms with Gasteiger partial charge in [-0.15, -0.1) is 0 Å². The van der Waals surface area contributed by atoms with Crippen molar-refractivity contribution in [3.8, 4) is 0 Å². The third kappa shape index (κ3) is 3.93. The lowest BCUT2D eigenvalue weighted by Crippen LogP contribution is -2.45. The van der Waals surface area contributed by atoms with Crippen LogP contribution in [0.4, 0.5) is 0 Å². The second-order valence-electron chi connectivity index (χ2n) is 5.97. The predicted octanol–water partition coefficient (Wildman–Crippen LogP) is 1.84. The molecule has 1 aliphatic heterocycles. The van der Waals surface area contributed by atoms with Crippen LogP contribution in [0.5, 0.6) is 0 Å². The summed E-state index contributed by atoms with van der Waals surface area (Å²) in [5.74, 6) is 0. The number of nitrogens with zero attached hydrogens (tertiary/aromatic N) is 4. The molecule has 0 amide bonds. The molecule has 22 heavy (non-hydrogen) atoms. The minimum absolute atomic E-state index is 0.218. The molecule has 5 nitrogen and oxygen atoms in total. The molecule has 118 valence electrons. The van der Waals surface area contributed by atoms with Gasteiger partial charge >= 0.3 is 0 Å². The van der Waals surface area contributed by atoms with Crippen molar-refractivity contribution >= 4 is 0 Å². The van der Waals surface area contributed by atoms with Gasteiger partial charge in [0.15, 0.2) is 0 Å². The second-order valence-corrected chi connectivity index (χ2v) is 5.97. The molecule has 3 rings (SSSR count). The van der Waals surface area contributed by atoms with E-state index >= 15 is 0 Å². The Bertz CT molecular complexity index is 596. The molecule has 0 spiro atoms. The smallest absolute Gasteiger partial charge is 0.0898 e. The van der Waals surface area contributed by atoms with Gasteiger partial charge in [0, 0.05) is 43.6 Å². The normalized spacial score (nSPS) is 19.5. The Morgan fingerprint density at radius 2 is 2.23 bits per heavy atom. The molecule has 0 N–H and O–H groups in total. The largest absolute Gasteiger partial charge is 0.374 e.